The van der Waals surface area contributed by atoms with Crippen LogP contribution in [0.15, 0.2) is 35.4 Å². The highest BCUT2D eigenvalue weighted by Gasteiger charge is 2.51. The largest absolute Gasteiger partial charge is 0.296 e. The van der Waals surface area contributed by atoms with Crippen LogP contribution in [0.5, 0.6) is 0 Å². The summed E-state index contributed by atoms with van der Waals surface area (Å²) in [4.78, 5) is 25.6. The van der Waals surface area contributed by atoms with Crippen molar-refractivity contribution in [3.05, 3.63) is 35.9 Å². The SMILES string of the molecule is CC1=NN[C@H]2C(=O)N(Cc3ccccc3)C(=O)[C@@H]12. The van der Waals surface area contributed by atoms with Crippen LogP contribution in [0.3, 0.4) is 0 Å². The number of amides is 2. The van der Waals surface area contributed by atoms with Crippen molar-refractivity contribution in [2.24, 2.45) is 11.0 Å². The minimum absolute atomic E-state index is 0.153. The first kappa shape index (κ1) is 11.0. The minimum atomic E-state index is -0.499. The van der Waals surface area contributed by atoms with E-state index in [0.29, 0.717) is 12.3 Å². The van der Waals surface area contributed by atoms with Gasteiger partial charge in [0.05, 0.1) is 6.54 Å². The van der Waals surface area contributed by atoms with Crippen LogP contribution in [0.2, 0.25) is 0 Å². The monoisotopic (exact) mass is 243 g/mol. The second kappa shape index (κ2) is 3.94. The molecule has 2 aliphatic heterocycles. The Morgan fingerprint density at radius 2 is 1.94 bits per heavy atom. The van der Waals surface area contributed by atoms with E-state index in [2.05, 4.69) is 10.5 Å². The standard InChI is InChI=1S/C13H13N3O2/c1-8-10-11(15-14-8)13(18)16(12(10)17)7-9-5-3-2-4-6-9/h2-6,10-11,15H,7H2,1H3/t10-,11+/m0/s1. The molecule has 5 heteroatoms. The van der Waals surface area contributed by atoms with Gasteiger partial charge < -0.3 is 0 Å². The summed E-state index contributed by atoms with van der Waals surface area (Å²) < 4.78 is 0. The molecule has 0 bridgehead atoms. The number of carbonyl (C=O) groups excluding carboxylic acids is 2. The van der Waals surface area contributed by atoms with Crippen LogP contribution in [0.4, 0.5) is 0 Å². The molecule has 2 amide bonds. The number of nitrogens with zero attached hydrogens (tertiary/aromatic N) is 2. The Morgan fingerprint density at radius 1 is 1.22 bits per heavy atom. The van der Waals surface area contributed by atoms with E-state index in [9.17, 15) is 9.59 Å². The van der Waals surface area contributed by atoms with Crippen molar-refractivity contribution >= 4 is 17.5 Å². The lowest BCUT2D eigenvalue weighted by Crippen LogP contribution is -2.35. The summed E-state index contributed by atoms with van der Waals surface area (Å²) in [5, 5.41) is 3.96. The zero-order valence-electron chi connectivity index (χ0n) is 9.96. The predicted molar refractivity (Wildman–Crippen MR) is 65.5 cm³/mol. The lowest BCUT2D eigenvalue weighted by molar-refractivity contribution is -0.140. The van der Waals surface area contributed by atoms with Crippen molar-refractivity contribution in [3.8, 4) is 0 Å². The summed E-state index contributed by atoms with van der Waals surface area (Å²) in [6.45, 7) is 2.11. The molecule has 0 saturated carbocycles. The average Bonchev–Trinajstić information content (AvgIpc) is 2.87. The van der Waals surface area contributed by atoms with Gasteiger partial charge in [0.25, 0.3) is 5.91 Å². The number of carbonyl (C=O) groups is 2. The van der Waals surface area contributed by atoms with Gasteiger partial charge in [0, 0.05) is 5.71 Å². The van der Waals surface area contributed by atoms with Crippen LogP contribution in [0, 0.1) is 5.92 Å². The van der Waals surface area contributed by atoms with Crippen LogP contribution in [0.25, 0.3) is 0 Å². The maximum atomic E-state index is 12.2. The average molecular weight is 243 g/mol. The fourth-order valence-corrected chi connectivity index (χ4v) is 2.44. The summed E-state index contributed by atoms with van der Waals surface area (Å²) in [6, 6.07) is 9.01. The van der Waals surface area contributed by atoms with Crippen molar-refractivity contribution in [2.75, 3.05) is 0 Å². The Morgan fingerprint density at radius 3 is 2.61 bits per heavy atom. The fraction of sp³-hybridized carbons (Fsp3) is 0.308. The fourth-order valence-electron chi connectivity index (χ4n) is 2.44. The van der Waals surface area contributed by atoms with Gasteiger partial charge in [-0.2, -0.15) is 5.10 Å². The first-order valence-electron chi connectivity index (χ1n) is 5.87. The van der Waals surface area contributed by atoms with E-state index < -0.39 is 12.0 Å². The Kier molecular flexibility index (Phi) is 2.40. The van der Waals surface area contributed by atoms with Crippen LogP contribution >= 0.6 is 0 Å². The lowest BCUT2D eigenvalue weighted by atomic mass is 10.0. The van der Waals surface area contributed by atoms with Gasteiger partial charge in [-0.25, -0.2) is 0 Å². The van der Waals surface area contributed by atoms with Crippen molar-refractivity contribution in [2.45, 2.75) is 19.5 Å². The lowest BCUT2D eigenvalue weighted by Gasteiger charge is -2.15. The second-order valence-electron chi connectivity index (χ2n) is 4.59. The molecule has 2 heterocycles. The summed E-state index contributed by atoms with van der Waals surface area (Å²) in [7, 11) is 0. The minimum Gasteiger partial charge on any atom is -0.296 e. The van der Waals surface area contributed by atoms with Crippen LogP contribution in [-0.2, 0) is 16.1 Å². The van der Waals surface area contributed by atoms with Gasteiger partial charge in [-0.3, -0.25) is 19.9 Å². The number of hydrazone groups is 1. The maximum absolute atomic E-state index is 12.2. The molecule has 2 atom stereocenters. The summed E-state index contributed by atoms with van der Waals surface area (Å²) >= 11 is 0. The van der Waals surface area contributed by atoms with E-state index in [1.165, 1.54) is 4.90 Å². The number of benzene rings is 1. The smallest absolute Gasteiger partial charge is 0.254 e. The van der Waals surface area contributed by atoms with Gasteiger partial charge in [0.1, 0.15) is 12.0 Å². The van der Waals surface area contributed by atoms with Crippen molar-refractivity contribution in [1.82, 2.24) is 10.3 Å². The van der Waals surface area contributed by atoms with Gasteiger partial charge in [-0.1, -0.05) is 30.3 Å². The third kappa shape index (κ3) is 1.51. The molecule has 5 nitrogen and oxygen atoms in total. The zero-order chi connectivity index (χ0) is 12.7. The Hall–Kier alpha value is -2.17. The van der Waals surface area contributed by atoms with Gasteiger partial charge in [0.15, 0.2) is 0 Å². The topological polar surface area (TPSA) is 61.8 Å². The molecule has 0 spiro atoms. The Bertz CT molecular complexity index is 538. The molecule has 18 heavy (non-hydrogen) atoms. The highest BCUT2D eigenvalue weighted by atomic mass is 16.2. The number of hydrogen-bond acceptors (Lipinski definition) is 4. The number of imide groups is 1. The van der Waals surface area contributed by atoms with E-state index in [4.69, 9.17) is 0 Å². The highest BCUT2D eigenvalue weighted by Crippen LogP contribution is 2.26. The number of nitrogens with one attached hydrogen (secondary N) is 1. The maximum Gasteiger partial charge on any atom is 0.254 e. The first-order chi connectivity index (χ1) is 8.68. The molecule has 0 radical (unpaired) electrons. The molecule has 92 valence electrons. The Balaban J connectivity index is 1.84. The van der Waals surface area contributed by atoms with Gasteiger partial charge in [-0.15, -0.1) is 0 Å². The third-order valence-electron chi connectivity index (χ3n) is 3.41. The van der Waals surface area contributed by atoms with E-state index in [0.717, 1.165) is 5.56 Å². The van der Waals surface area contributed by atoms with Crippen LogP contribution in [-0.4, -0.2) is 28.5 Å². The van der Waals surface area contributed by atoms with E-state index in [1.54, 1.807) is 6.92 Å². The van der Waals surface area contributed by atoms with Crippen molar-refractivity contribution in [3.63, 3.8) is 0 Å². The Labute approximate surface area is 104 Å². The molecular formula is C13H13N3O2. The summed E-state index contributed by atoms with van der Waals surface area (Å²) in [6.07, 6.45) is 0. The summed E-state index contributed by atoms with van der Waals surface area (Å²) in [5.74, 6) is -0.754. The van der Waals surface area contributed by atoms with Crippen molar-refractivity contribution < 1.29 is 9.59 Å². The first-order valence-corrected chi connectivity index (χ1v) is 5.87. The second-order valence-corrected chi connectivity index (χ2v) is 4.59. The van der Waals surface area contributed by atoms with Gasteiger partial charge in [0.2, 0.25) is 5.91 Å². The normalized spacial score (nSPS) is 26.1. The van der Waals surface area contributed by atoms with E-state index in [1.807, 2.05) is 30.3 Å². The van der Waals surface area contributed by atoms with E-state index >= 15 is 0 Å². The molecule has 3 rings (SSSR count). The predicted octanol–water partition coefficient (Wildman–Crippen LogP) is 0.519. The molecule has 1 aromatic carbocycles. The van der Waals surface area contributed by atoms with Crippen LogP contribution < -0.4 is 5.43 Å². The molecule has 1 aromatic rings. The van der Waals surface area contributed by atoms with E-state index in [-0.39, 0.29) is 11.8 Å². The summed E-state index contributed by atoms with van der Waals surface area (Å²) in [5.41, 5.74) is 4.38. The molecule has 0 aromatic heterocycles. The molecule has 1 fully saturated rings. The highest BCUT2D eigenvalue weighted by molar-refractivity contribution is 6.18. The number of rotatable bonds is 2. The van der Waals surface area contributed by atoms with Gasteiger partial charge >= 0.3 is 0 Å². The van der Waals surface area contributed by atoms with Crippen molar-refractivity contribution in [1.29, 1.82) is 0 Å². The molecule has 0 aliphatic carbocycles. The zero-order valence-corrected chi connectivity index (χ0v) is 9.96. The molecule has 2 aliphatic rings. The molecule has 0 unspecified atom stereocenters. The number of hydrogen-bond donors (Lipinski definition) is 1. The third-order valence-corrected chi connectivity index (χ3v) is 3.41. The van der Waals surface area contributed by atoms with Gasteiger partial charge in [-0.05, 0) is 12.5 Å². The quantitative estimate of drug-likeness (QED) is 0.770. The molecular weight excluding hydrogens is 230 g/mol. The number of likely N-dealkylation sites (tertiary alicyclic amines) is 1. The van der Waals surface area contributed by atoms with Crippen LogP contribution in [0.1, 0.15) is 12.5 Å². The number of fused-ring (bicyclic) bond motifs is 1. The molecule has 1 saturated heterocycles. The molecule has 1 N–H and O–H groups in total.